The molecule has 1 fully saturated rings. The van der Waals surface area contributed by atoms with Gasteiger partial charge in [0.25, 0.3) is 0 Å². The topological polar surface area (TPSA) is 36.3 Å². The van der Waals surface area contributed by atoms with Crippen LogP contribution in [0.15, 0.2) is 0 Å². The summed E-state index contributed by atoms with van der Waals surface area (Å²) < 4.78 is 5.70. The first kappa shape index (κ1) is 12.5. The van der Waals surface area contributed by atoms with Gasteiger partial charge in [0.2, 0.25) is 0 Å². The van der Waals surface area contributed by atoms with Crippen LogP contribution in [0.25, 0.3) is 0 Å². The van der Waals surface area contributed by atoms with E-state index in [1.807, 2.05) is 0 Å². The number of nitriles is 1. The molecule has 15 heavy (non-hydrogen) atoms. The number of hydrogen-bond donors (Lipinski definition) is 0. The van der Waals surface area contributed by atoms with Gasteiger partial charge in [-0.15, -0.1) is 0 Å². The summed E-state index contributed by atoms with van der Waals surface area (Å²) in [5.41, 5.74) is -0.305. The Kier molecular flexibility index (Phi) is 4.12. The third kappa shape index (κ3) is 2.50. The van der Waals surface area contributed by atoms with Gasteiger partial charge in [-0.05, 0) is 26.9 Å². The average molecular weight is 210 g/mol. The highest BCUT2D eigenvalue weighted by Gasteiger charge is 2.42. The summed E-state index contributed by atoms with van der Waals surface area (Å²) in [5, 5.41) is 9.46. The smallest absolute Gasteiger partial charge is 0.114 e. The van der Waals surface area contributed by atoms with Crippen LogP contribution in [0.5, 0.6) is 0 Å². The second-order valence-corrected chi connectivity index (χ2v) is 4.48. The van der Waals surface area contributed by atoms with E-state index >= 15 is 0 Å². The van der Waals surface area contributed by atoms with E-state index in [2.05, 4.69) is 38.7 Å². The molecule has 0 aromatic carbocycles. The van der Waals surface area contributed by atoms with Gasteiger partial charge >= 0.3 is 0 Å². The van der Waals surface area contributed by atoms with E-state index in [0.29, 0.717) is 0 Å². The van der Waals surface area contributed by atoms with Gasteiger partial charge in [0.15, 0.2) is 0 Å². The van der Waals surface area contributed by atoms with Gasteiger partial charge in [0, 0.05) is 12.8 Å². The molecule has 3 heteroatoms. The van der Waals surface area contributed by atoms with Crippen molar-refractivity contribution < 1.29 is 4.74 Å². The fourth-order valence-corrected chi connectivity index (χ4v) is 2.78. The van der Waals surface area contributed by atoms with Crippen LogP contribution in [-0.4, -0.2) is 35.7 Å². The summed E-state index contributed by atoms with van der Waals surface area (Å²) in [4.78, 5) is 2.27. The molecule has 86 valence electrons. The Hall–Kier alpha value is -0.590. The van der Waals surface area contributed by atoms with E-state index in [9.17, 15) is 5.26 Å². The summed E-state index contributed by atoms with van der Waals surface area (Å²) in [5.74, 6) is 0. The molecule has 1 aliphatic heterocycles. The number of hydrogen-bond acceptors (Lipinski definition) is 3. The minimum absolute atomic E-state index is 0.189. The summed E-state index contributed by atoms with van der Waals surface area (Å²) >= 11 is 0. The molecule has 0 spiro atoms. The van der Waals surface area contributed by atoms with E-state index in [1.165, 1.54) is 0 Å². The molecule has 2 atom stereocenters. The Morgan fingerprint density at radius 1 is 1.27 bits per heavy atom. The van der Waals surface area contributed by atoms with Crippen molar-refractivity contribution in [1.82, 2.24) is 4.90 Å². The van der Waals surface area contributed by atoms with Gasteiger partial charge in [-0.2, -0.15) is 5.26 Å². The highest BCUT2D eigenvalue weighted by Crippen LogP contribution is 2.33. The lowest BCUT2D eigenvalue weighted by atomic mass is 9.83. The van der Waals surface area contributed by atoms with Crippen molar-refractivity contribution in [3.05, 3.63) is 0 Å². The molecule has 0 aromatic heterocycles. The van der Waals surface area contributed by atoms with Crippen molar-refractivity contribution >= 4 is 0 Å². The minimum atomic E-state index is -0.305. The lowest BCUT2D eigenvalue weighted by Crippen LogP contribution is -2.54. The lowest BCUT2D eigenvalue weighted by molar-refractivity contribution is -0.0853. The lowest BCUT2D eigenvalue weighted by Gasteiger charge is -2.44. The van der Waals surface area contributed by atoms with Crippen LogP contribution in [0.3, 0.4) is 0 Å². The quantitative estimate of drug-likeness (QED) is 0.716. The zero-order chi connectivity index (χ0) is 11.5. The predicted octanol–water partition coefficient (Wildman–Crippen LogP) is 2.18. The first-order valence-electron chi connectivity index (χ1n) is 5.89. The van der Waals surface area contributed by atoms with Crippen LogP contribution in [0.2, 0.25) is 0 Å². The number of ether oxygens (including phenoxy) is 1. The third-order valence-corrected chi connectivity index (χ3v) is 3.29. The Morgan fingerprint density at radius 2 is 1.73 bits per heavy atom. The molecule has 0 aliphatic carbocycles. The maximum atomic E-state index is 9.46. The average Bonchev–Trinajstić information content (AvgIpc) is 2.18. The second kappa shape index (κ2) is 4.96. The van der Waals surface area contributed by atoms with E-state index in [1.54, 1.807) is 0 Å². The zero-order valence-electron chi connectivity index (χ0n) is 10.3. The Labute approximate surface area is 93.0 Å². The van der Waals surface area contributed by atoms with Crippen molar-refractivity contribution in [3.63, 3.8) is 0 Å². The molecule has 1 heterocycles. The molecule has 0 saturated carbocycles. The summed E-state index contributed by atoms with van der Waals surface area (Å²) in [6.07, 6.45) is 2.04. The van der Waals surface area contributed by atoms with Crippen molar-refractivity contribution in [2.75, 3.05) is 13.1 Å². The van der Waals surface area contributed by atoms with Gasteiger partial charge < -0.3 is 4.74 Å². The number of nitrogens with zero attached hydrogens (tertiary/aromatic N) is 2. The first-order chi connectivity index (χ1) is 7.07. The molecule has 0 aromatic rings. The molecule has 2 unspecified atom stereocenters. The molecule has 1 aliphatic rings. The summed E-state index contributed by atoms with van der Waals surface area (Å²) in [7, 11) is 0. The minimum Gasteiger partial charge on any atom is -0.375 e. The standard InChI is InChI=1S/C12H22N2O/c1-5-14(6-2)12(9-13)7-10(3)15-11(4)8-12/h10-11H,5-8H2,1-4H3. The molecular formula is C12H22N2O. The Bertz CT molecular complexity index is 232. The van der Waals surface area contributed by atoms with Crippen LogP contribution in [0.4, 0.5) is 0 Å². The molecule has 1 rings (SSSR count). The van der Waals surface area contributed by atoms with Crippen molar-refractivity contribution in [2.24, 2.45) is 0 Å². The fraction of sp³-hybridized carbons (Fsp3) is 0.917. The maximum Gasteiger partial charge on any atom is 0.114 e. The van der Waals surface area contributed by atoms with Gasteiger partial charge in [-0.1, -0.05) is 13.8 Å². The highest BCUT2D eigenvalue weighted by atomic mass is 16.5. The Balaban J connectivity index is 2.88. The third-order valence-electron chi connectivity index (χ3n) is 3.29. The summed E-state index contributed by atoms with van der Waals surface area (Å²) in [6.45, 7) is 10.2. The highest BCUT2D eigenvalue weighted by molar-refractivity contribution is 5.11. The SMILES string of the molecule is CCN(CC)C1(C#N)CC(C)OC(C)C1. The first-order valence-corrected chi connectivity index (χ1v) is 5.89. The monoisotopic (exact) mass is 210 g/mol. The molecule has 0 radical (unpaired) electrons. The van der Waals surface area contributed by atoms with Crippen LogP contribution in [0, 0.1) is 11.3 Å². The van der Waals surface area contributed by atoms with Gasteiger partial charge in [-0.25, -0.2) is 0 Å². The van der Waals surface area contributed by atoms with Crippen molar-refractivity contribution in [2.45, 2.75) is 58.3 Å². The van der Waals surface area contributed by atoms with Gasteiger partial charge in [0.1, 0.15) is 5.54 Å². The van der Waals surface area contributed by atoms with Crippen LogP contribution >= 0.6 is 0 Å². The maximum absolute atomic E-state index is 9.46. The largest absolute Gasteiger partial charge is 0.375 e. The van der Waals surface area contributed by atoms with Gasteiger partial charge in [-0.3, -0.25) is 4.90 Å². The fourth-order valence-electron chi connectivity index (χ4n) is 2.78. The Morgan fingerprint density at radius 3 is 2.07 bits per heavy atom. The van der Waals surface area contributed by atoms with Crippen molar-refractivity contribution in [1.29, 1.82) is 5.26 Å². The zero-order valence-corrected chi connectivity index (χ0v) is 10.3. The van der Waals surface area contributed by atoms with Crippen LogP contribution in [-0.2, 0) is 4.74 Å². The van der Waals surface area contributed by atoms with E-state index in [-0.39, 0.29) is 17.7 Å². The van der Waals surface area contributed by atoms with Crippen LogP contribution < -0.4 is 0 Å². The van der Waals surface area contributed by atoms with E-state index in [0.717, 1.165) is 25.9 Å². The summed E-state index contributed by atoms with van der Waals surface area (Å²) in [6, 6.07) is 2.53. The predicted molar refractivity (Wildman–Crippen MR) is 60.5 cm³/mol. The molecule has 0 bridgehead atoms. The van der Waals surface area contributed by atoms with E-state index < -0.39 is 0 Å². The molecule has 3 nitrogen and oxygen atoms in total. The van der Waals surface area contributed by atoms with E-state index in [4.69, 9.17) is 4.74 Å². The molecule has 1 saturated heterocycles. The number of rotatable bonds is 3. The second-order valence-electron chi connectivity index (χ2n) is 4.48. The molecule has 0 N–H and O–H groups in total. The molecular weight excluding hydrogens is 188 g/mol. The van der Waals surface area contributed by atoms with Crippen molar-refractivity contribution in [3.8, 4) is 6.07 Å². The van der Waals surface area contributed by atoms with Gasteiger partial charge in [0.05, 0.1) is 18.3 Å². The normalized spacial score (nSPS) is 36.5. The molecule has 0 amide bonds. The van der Waals surface area contributed by atoms with Crippen LogP contribution in [0.1, 0.15) is 40.5 Å².